The third-order valence-corrected chi connectivity index (χ3v) is 10.6. The van der Waals surface area contributed by atoms with Gasteiger partial charge < -0.3 is 34.2 Å². The van der Waals surface area contributed by atoms with Crippen molar-refractivity contribution < 1.29 is 29.0 Å². The monoisotopic (exact) mass is 670 g/mol. The van der Waals surface area contributed by atoms with Crippen molar-refractivity contribution in [3.05, 3.63) is 72.8 Å². The minimum absolute atomic E-state index is 0.144. The number of amides is 3. The van der Waals surface area contributed by atoms with Crippen LogP contribution in [-0.2, 0) is 19.1 Å². The van der Waals surface area contributed by atoms with Gasteiger partial charge in [-0.25, -0.2) is 0 Å². The Labute approximate surface area is 289 Å². The first-order valence-electron chi connectivity index (χ1n) is 17.7. The molecule has 0 aromatic heterocycles. The molecule has 4 aliphatic rings. The molecule has 1 N–H and O–H groups in total. The van der Waals surface area contributed by atoms with Crippen LogP contribution in [0.15, 0.2) is 72.8 Å². The fourth-order valence-electron chi connectivity index (χ4n) is 8.46. The van der Waals surface area contributed by atoms with Crippen molar-refractivity contribution in [2.75, 3.05) is 54.1 Å². The minimum Gasteiger partial charge on any atom is -0.494 e. The summed E-state index contributed by atoms with van der Waals surface area (Å²) in [7, 11) is 0. The second-order valence-corrected chi connectivity index (χ2v) is 14.0. The fourth-order valence-corrected chi connectivity index (χ4v) is 8.46. The first kappa shape index (κ1) is 34.7. The number of carbonyl (C=O) groups excluding carboxylic acids is 3. The Balaban J connectivity index is 1.43. The number of nitrogens with zero attached hydrogens (tertiary/aromatic N) is 4. The molecular formula is C39H50N4O6. The van der Waals surface area contributed by atoms with Crippen LogP contribution in [0.4, 0.5) is 17.1 Å². The molecule has 6 rings (SSSR count). The van der Waals surface area contributed by atoms with Crippen LogP contribution in [0.25, 0.3) is 0 Å². The van der Waals surface area contributed by atoms with Crippen LogP contribution in [0.2, 0.25) is 0 Å². The lowest BCUT2D eigenvalue weighted by molar-refractivity contribution is -0.148. The summed E-state index contributed by atoms with van der Waals surface area (Å²) < 4.78 is 12.7. The molecular weight excluding hydrogens is 620 g/mol. The van der Waals surface area contributed by atoms with Gasteiger partial charge in [0.15, 0.2) is 0 Å². The Hall–Kier alpha value is -4.15. The zero-order valence-electron chi connectivity index (χ0n) is 29.5. The Morgan fingerprint density at radius 2 is 1.45 bits per heavy atom. The molecule has 262 valence electrons. The van der Waals surface area contributed by atoms with Crippen LogP contribution >= 0.6 is 0 Å². The second-order valence-electron chi connectivity index (χ2n) is 14.0. The lowest BCUT2D eigenvalue weighted by Gasteiger charge is -2.40. The topological polar surface area (TPSA) is 103 Å². The first-order valence-corrected chi connectivity index (χ1v) is 17.7. The molecule has 0 bridgehead atoms. The average molecular weight is 671 g/mol. The lowest BCUT2D eigenvalue weighted by atomic mass is 9.74. The molecule has 10 nitrogen and oxygen atoms in total. The molecule has 2 aromatic carbocycles. The minimum atomic E-state index is -1.42. The fraction of sp³-hybridized carbons (Fsp3) is 0.513. The van der Waals surface area contributed by atoms with Crippen molar-refractivity contribution in [3.8, 4) is 5.75 Å². The van der Waals surface area contributed by atoms with Gasteiger partial charge in [0.25, 0.3) is 5.91 Å². The van der Waals surface area contributed by atoms with E-state index in [1.54, 1.807) is 14.7 Å². The zero-order chi connectivity index (χ0) is 35.1. The van der Waals surface area contributed by atoms with Gasteiger partial charge in [-0.1, -0.05) is 38.2 Å². The van der Waals surface area contributed by atoms with E-state index in [1.165, 1.54) is 0 Å². The molecule has 10 heteroatoms. The second kappa shape index (κ2) is 13.6. The summed E-state index contributed by atoms with van der Waals surface area (Å²) in [6.45, 7) is 14.6. The van der Waals surface area contributed by atoms with Gasteiger partial charge in [-0.2, -0.15) is 0 Å². The summed E-state index contributed by atoms with van der Waals surface area (Å²) >= 11 is 0. The molecule has 6 atom stereocenters. The predicted molar refractivity (Wildman–Crippen MR) is 191 cm³/mol. The quantitative estimate of drug-likeness (QED) is 0.343. The van der Waals surface area contributed by atoms with E-state index in [4.69, 9.17) is 9.47 Å². The van der Waals surface area contributed by atoms with E-state index in [9.17, 15) is 19.5 Å². The molecule has 1 unspecified atom stereocenters. The summed E-state index contributed by atoms with van der Waals surface area (Å²) in [5, 5.41) is 10.7. The normalized spacial score (nSPS) is 28.4. The standard InChI is InChI=1S/C39H50N4O6/c1-7-40(8-2)27-12-14-28(15-13-27)42-23-11-21-39-33(36(46)43(34(39)37(42)47)30(25-44)24-26(4)5)32-35(45)41(22-10-20-38(32,6)49-39)29-16-18-31(19-17-29)48-9-3/h10-21,26,30,32-34,44H,7-9,22-25H2,1-6H3/t30-,32+,33+,34?,38-,39+/m1/s1. The highest BCUT2D eigenvalue weighted by Gasteiger charge is 2.75. The molecule has 2 saturated heterocycles. The van der Waals surface area contributed by atoms with Crippen molar-refractivity contribution >= 4 is 34.8 Å². The van der Waals surface area contributed by atoms with Gasteiger partial charge in [-0.05, 0) is 88.6 Å². The van der Waals surface area contributed by atoms with Crippen LogP contribution in [0.5, 0.6) is 5.75 Å². The number of aliphatic hydroxyl groups excluding tert-OH is 1. The highest BCUT2D eigenvalue weighted by molar-refractivity contribution is 6.07. The molecule has 2 fully saturated rings. The van der Waals surface area contributed by atoms with Gasteiger partial charge in [0.2, 0.25) is 11.8 Å². The Bertz CT molecular complexity index is 1600. The number of hydrogen-bond acceptors (Lipinski definition) is 7. The van der Waals surface area contributed by atoms with Crippen LogP contribution < -0.4 is 19.4 Å². The van der Waals surface area contributed by atoms with Crippen LogP contribution in [-0.4, -0.2) is 90.4 Å². The van der Waals surface area contributed by atoms with E-state index in [1.807, 2.05) is 101 Å². The number of ether oxygens (including phenoxy) is 2. The summed E-state index contributed by atoms with van der Waals surface area (Å²) in [5.74, 6) is -1.92. The van der Waals surface area contributed by atoms with E-state index in [2.05, 4.69) is 18.7 Å². The summed E-state index contributed by atoms with van der Waals surface area (Å²) in [4.78, 5) is 51.8. The highest BCUT2D eigenvalue weighted by atomic mass is 16.5. The smallest absolute Gasteiger partial charge is 0.253 e. The molecule has 3 amide bonds. The maximum absolute atomic E-state index is 15.0. The van der Waals surface area contributed by atoms with E-state index in [-0.39, 0.29) is 36.8 Å². The number of likely N-dealkylation sites (tertiary alicyclic amines) is 1. The Kier molecular flexibility index (Phi) is 9.66. The number of benzene rings is 2. The van der Waals surface area contributed by atoms with Crippen molar-refractivity contribution in [2.24, 2.45) is 17.8 Å². The third-order valence-electron chi connectivity index (χ3n) is 10.6. The first-order chi connectivity index (χ1) is 23.5. The van der Waals surface area contributed by atoms with E-state index < -0.39 is 35.1 Å². The number of anilines is 3. The van der Waals surface area contributed by atoms with Crippen molar-refractivity contribution in [2.45, 2.75) is 71.2 Å². The number of aliphatic hydroxyl groups is 1. The molecule has 0 saturated carbocycles. The zero-order valence-corrected chi connectivity index (χ0v) is 29.5. The van der Waals surface area contributed by atoms with Crippen LogP contribution in [0, 0.1) is 17.8 Å². The number of hydrogen-bond donors (Lipinski definition) is 1. The summed E-state index contributed by atoms with van der Waals surface area (Å²) in [6, 6.07) is 13.6. The maximum atomic E-state index is 15.0. The van der Waals surface area contributed by atoms with Crippen molar-refractivity contribution in [3.63, 3.8) is 0 Å². The molecule has 4 heterocycles. The van der Waals surface area contributed by atoms with Gasteiger partial charge in [-0.15, -0.1) is 0 Å². The van der Waals surface area contributed by atoms with E-state index >= 15 is 0 Å². The SMILES string of the molecule is CCOc1ccc(N2CC=C[C@@]3(C)O[C@]45C=CCN(c6ccc(N(CC)CC)cc6)C(=O)C4N([C@@H](CO)CC(C)C)C(=O)[C@@H]5[C@H]3C2=O)cc1. The van der Waals surface area contributed by atoms with Gasteiger partial charge in [0, 0.05) is 43.2 Å². The van der Waals surface area contributed by atoms with E-state index in [0.717, 1.165) is 18.8 Å². The van der Waals surface area contributed by atoms with Gasteiger partial charge in [-0.3, -0.25) is 14.4 Å². The number of fused-ring (bicyclic) bond motifs is 2. The van der Waals surface area contributed by atoms with Crippen molar-refractivity contribution in [1.82, 2.24) is 4.90 Å². The Morgan fingerprint density at radius 3 is 2.02 bits per heavy atom. The molecule has 49 heavy (non-hydrogen) atoms. The van der Waals surface area contributed by atoms with E-state index in [0.29, 0.717) is 36.7 Å². The molecule has 0 radical (unpaired) electrons. The number of carbonyl (C=O) groups is 3. The number of rotatable bonds is 11. The van der Waals surface area contributed by atoms with Gasteiger partial charge in [0.1, 0.15) is 17.4 Å². The third kappa shape index (κ3) is 5.82. The molecule has 0 aliphatic carbocycles. The maximum Gasteiger partial charge on any atom is 0.253 e. The van der Waals surface area contributed by atoms with Crippen molar-refractivity contribution in [1.29, 1.82) is 0 Å². The average Bonchev–Trinajstić information content (AvgIpc) is 3.36. The van der Waals surface area contributed by atoms with Crippen LogP contribution in [0.3, 0.4) is 0 Å². The molecule has 1 spiro atoms. The summed E-state index contributed by atoms with van der Waals surface area (Å²) in [6.07, 6.45) is 8.03. The largest absolute Gasteiger partial charge is 0.494 e. The van der Waals surface area contributed by atoms with Gasteiger partial charge in [0.05, 0.1) is 36.7 Å². The lowest BCUT2D eigenvalue weighted by Crippen LogP contribution is -2.59. The predicted octanol–water partition coefficient (Wildman–Crippen LogP) is 4.82. The van der Waals surface area contributed by atoms with Crippen LogP contribution in [0.1, 0.15) is 48.0 Å². The molecule has 2 aromatic rings. The molecule has 4 aliphatic heterocycles. The summed E-state index contributed by atoms with van der Waals surface area (Å²) in [5.41, 5.74) is -0.122. The Morgan fingerprint density at radius 1 is 0.857 bits per heavy atom. The van der Waals surface area contributed by atoms with Gasteiger partial charge >= 0.3 is 0 Å². The highest BCUT2D eigenvalue weighted by Crippen LogP contribution is 2.58.